The summed E-state index contributed by atoms with van der Waals surface area (Å²) in [7, 11) is 0. The van der Waals surface area contributed by atoms with Crippen molar-refractivity contribution >= 4 is 17.6 Å². The second-order valence-electron chi connectivity index (χ2n) is 6.44. The first-order valence-electron chi connectivity index (χ1n) is 8.16. The maximum absolute atomic E-state index is 12.9. The topological polar surface area (TPSA) is 111 Å². The molecule has 2 aliphatic rings. The Morgan fingerprint density at radius 1 is 1.15 bits per heavy atom. The number of imide groups is 1. The number of hydrogen-bond acceptors (Lipinski definition) is 6. The van der Waals surface area contributed by atoms with Crippen molar-refractivity contribution in [3.63, 3.8) is 0 Å². The number of rotatable bonds is 4. The third-order valence-electron chi connectivity index (χ3n) is 4.71. The van der Waals surface area contributed by atoms with Crippen LogP contribution in [0.15, 0.2) is 42.5 Å². The van der Waals surface area contributed by atoms with Crippen LogP contribution in [-0.2, 0) is 16.9 Å². The van der Waals surface area contributed by atoms with E-state index >= 15 is 0 Å². The van der Waals surface area contributed by atoms with Gasteiger partial charge in [0.05, 0.1) is 11.5 Å². The number of carbonyl (C=O) groups is 2. The van der Waals surface area contributed by atoms with Gasteiger partial charge in [-0.2, -0.15) is 0 Å². The summed E-state index contributed by atoms with van der Waals surface area (Å²) in [5.41, 5.74) is -0.186. The standard InChI is InChI=1S/C18H15N3O6/c1-18(12-3-5-13(6-4-12)21(24)25)16(22)20(17(23)19-18)9-11-2-7-14-15(8-11)27-10-26-14/h2-8H,9-10H2,1H3,(H,19,23)/t18-/m0/s1. The van der Waals surface area contributed by atoms with Crippen LogP contribution < -0.4 is 14.8 Å². The fourth-order valence-corrected chi connectivity index (χ4v) is 3.17. The molecule has 1 N–H and O–H groups in total. The van der Waals surface area contributed by atoms with Crippen molar-refractivity contribution in [2.24, 2.45) is 0 Å². The van der Waals surface area contributed by atoms with Gasteiger partial charge in [0.1, 0.15) is 5.54 Å². The van der Waals surface area contributed by atoms with E-state index in [0.29, 0.717) is 17.1 Å². The summed E-state index contributed by atoms with van der Waals surface area (Å²) >= 11 is 0. The maximum Gasteiger partial charge on any atom is 0.325 e. The molecule has 0 saturated carbocycles. The number of urea groups is 1. The average molecular weight is 369 g/mol. The third-order valence-corrected chi connectivity index (χ3v) is 4.71. The molecule has 0 aliphatic carbocycles. The maximum atomic E-state index is 12.9. The van der Waals surface area contributed by atoms with Gasteiger partial charge in [-0.25, -0.2) is 4.79 Å². The van der Waals surface area contributed by atoms with Crippen LogP contribution in [0.1, 0.15) is 18.1 Å². The third kappa shape index (κ3) is 2.73. The van der Waals surface area contributed by atoms with Crippen molar-refractivity contribution in [3.05, 3.63) is 63.7 Å². The lowest BCUT2D eigenvalue weighted by Crippen LogP contribution is -2.40. The SMILES string of the molecule is C[C@@]1(c2ccc([N+](=O)[O-])cc2)NC(=O)N(Cc2ccc3c(c2)OCO3)C1=O. The molecule has 9 nitrogen and oxygen atoms in total. The molecular weight excluding hydrogens is 354 g/mol. The molecule has 1 fully saturated rings. The zero-order valence-electron chi connectivity index (χ0n) is 14.3. The summed E-state index contributed by atoms with van der Waals surface area (Å²) in [5.74, 6) is 0.753. The van der Waals surface area contributed by atoms with Gasteiger partial charge in [0.2, 0.25) is 6.79 Å². The minimum Gasteiger partial charge on any atom is -0.454 e. The van der Waals surface area contributed by atoms with Gasteiger partial charge in [-0.1, -0.05) is 6.07 Å². The van der Waals surface area contributed by atoms with Gasteiger partial charge in [0.25, 0.3) is 11.6 Å². The van der Waals surface area contributed by atoms with E-state index in [2.05, 4.69) is 5.32 Å². The molecule has 2 heterocycles. The van der Waals surface area contributed by atoms with E-state index in [4.69, 9.17) is 9.47 Å². The van der Waals surface area contributed by atoms with Crippen LogP contribution in [-0.4, -0.2) is 28.6 Å². The number of ether oxygens (including phenoxy) is 2. The predicted octanol–water partition coefficient (Wildman–Crippen LogP) is 2.29. The Hall–Kier alpha value is -3.62. The van der Waals surface area contributed by atoms with Crippen LogP contribution in [0.25, 0.3) is 0 Å². The minimum absolute atomic E-state index is 0.0733. The molecule has 0 bridgehead atoms. The van der Waals surface area contributed by atoms with E-state index in [1.165, 1.54) is 24.3 Å². The molecule has 3 amide bonds. The van der Waals surface area contributed by atoms with Gasteiger partial charge in [-0.3, -0.25) is 19.8 Å². The van der Waals surface area contributed by atoms with E-state index in [9.17, 15) is 19.7 Å². The molecule has 1 saturated heterocycles. The lowest BCUT2D eigenvalue weighted by molar-refractivity contribution is -0.384. The first-order chi connectivity index (χ1) is 12.9. The van der Waals surface area contributed by atoms with Gasteiger partial charge in [-0.15, -0.1) is 0 Å². The molecule has 0 spiro atoms. The Balaban J connectivity index is 1.58. The summed E-state index contributed by atoms with van der Waals surface area (Å²) in [4.78, 5) is 36.8. The average Bonchev–Trinajstić information content (AvgIpc) is 3.20. The van der Waals surface area contributed by atoms with Crippen LogP contribution >= 0.6 is 0 Å². The van der Waals surface area contributed by atoms with Crippen LogP contribution in [0.3, 0.4) is 0 Å². The van der Waals surface area contributed by atoms with Crippen molar-refractivity contribution in [3.8, 4) is 11.5 Å². The fraction of sp³-hybridized carbons (Fsp3) is 0.222. The van der Waals surface area contributed by atoms with Gasteiger partial charge in [0.15, 0.2) is 11.5 Å². The minimum atomic E-state index is -1.29. The van der Waals surface area contributed by atoms with Crippen molar-refractivity contribution in [1.82, 2.24) is 10.2 Å². The van der Waals surface area contributed by atoms with Gasteiger partial charge < -0.3 is 14.8 Å². The molecule has 27 heavy (non-hydrogen) atoms. The number of amides is 3. The highest BCUT2D eigenvalue weighted by Gasteiger charge is 2.49. The van der Waals surface area contributed by atoms with Gasteiger partial charge in [-0.05, 0) is 42.3 Å². The monoisotopic (exact) mass is 369 g/mol. The van der Waals surface area contributed by atoms with E-state index < -0.39 is 22.4 Å². The zero-order chi connectivity index (χ0) is 19.2. The Labute approximate surface area is 153 Å². The van der Waals surface area contributed by atoms with Crippen molar-refractivity contribution in [2.45, 2.75) is 19.0 Å². The largest absolute Gasteiger partial charge is 0.454 e. The number of nitro benzene ring substituents is 1. The second-order valence-corrected chi connectivity index (χ2v) is 6.44. The molecule has 0 radical (unpaired) electrons. The highest BCUT2D eigenvalue weighted by atomic mass is 16.7. The predicted molar refractivity (Wildman–Crippen MR) is 92.1 cm³/mol. The molecule has 0 unspecified atom stereocenters. The summed E-state index contributed by atoms with van der Waals surface area (Å²) in [5, 5.41) is 13.5. The van der Waals surface area contributed by atoms with Crippen molar-refractivity contribution in [2.75, 3.05) is 6.79 Å². The molecule has 1 atom stereocenters. The summed E-state index contributed by atoms with van der Waals surface area (Å²) in [6.45, 7) is 1.79. The van der Waals surface area contributed by atoms with Crippen LogP contribution in [0.4, 0.5) is 10.5 Å². The molecule has 9 heteroatoms. The molecule has 138 valence electrons. The van der Waals surface area contributed by atoms with E-state index in [1.807, 2.05) is 0 Å². The number of carbonyl (C=O) groups excluding carboxylic acids is 2. The normalized spacial score (nSPS) is 20.7. The number of nitrogens with one attached hydrogen (secondary N) is 1. The van der Waals surface area contributed by atoms with Crippen LogP contribution in [0.5, 0.6) is 11.5 Å². The number of non-ortho nitro benzene ring substituents is 1. The highest BCUT2D eigenvalue weighted by Crippen LogP contribution is 2.34. The lowest BCUT2D eigenvalue weighted by atomic mass is 9.92. The molecule has 2 aromatic carbocycles. The Bertz CT molecular complexity index is 958. The van der Waals surface area contributed by atoms with Crippen molar-refractivity contribution in [1.29, 1.82) is 0 Å². The lowest BCUT2D eigenvalue weighted by Gasteiger charge is -2.22. The van der Waals surface area contributed by atoms with Gasteiger partial charge >= 0.3 is 6.03 Å². The van der Waals surface area contributed by atoms with E-state index in [-0.39, 0.29) is 19.0 Å². The van der Waals surface area contributed by atoms with Crippen LogP contribution in [0.2, 0.25) is 0 Å². The van der Waals surface area contributed by atoms with E-state index in [1.54, 1.807) is 25.1 Å². The number of fused-ring (bicyclic) bond motifs is 1. The molecule has 2 aliphatic heterocycles. The smallest absolute Gasteiger partial charge is 0.325 e. The quantitative estimate of drug-likeness (QED) is 0.503. The highest BCUT2D eigenvalue weighted by molar-refractivity contribution is 6.07. The Kier molecular flexibility index (Phi) is 3.72. The summed E-state index contributed by atoms with van der Waals surface area (Å²) in [6, 6.07) is 10.2. The summed E-state index contributed by atoms with van der Waals surface area (Å²) in [6.07, 6.45) is 0. The van der Waals surface area contributed by atoms with Crippen molar-refractivity contribution < 1.29 is 24.0 Å². The van der Waals surface area contributed by atoms with E-state index in [0.717, 1.165) is 10.5 Å². The van der Waals surface area contributed by atoms with Crippen LogP contribution in [0, 0.1) is 10.1 Å². The number of hydrogen-bond donors (Lipinski definition) is 1. The summed E-state index contributed by atoms with van der Waals surface area (Å²) < 4.78 is 10.6. The van der Waals surface area contributed by atoms with Gasteiger partial charge in [0, 0.05) is 12.1 Å². The first-order valence-corrected chi connectivity index (χ1v) is 8.16. The molecular formula is C18H15N3O6. The number of nitro groups is 1. The molecule has 4 rings (SSSR count). The molecule has 0 aromatic heterocycles. The fourth-order valence-electron chi connectivity index (χ4n) is 3.17. The second kappa shape index (κ2) is 5.97. The molecule has 2 aromatic rings. The Morgan fingerprint density at radius 3 is 2.56 bits per heavy atom. The first kappa shape index (κ1) is 16.8. The Morgan fingerprint density at radius 2 is 1.85 bits per heavy atom. The number of nitrogens with zero attached hydrogens (tertiary/aromatic N) is 2. The number of benzene rings is 2. The zero-order valence-corrected chi connectivity index (χ0v) is 14.3.